The monoisotopic (exact) mass is 396 g/mol. The Morgan fingerprint density at radius 2 is 2.00 bits per heavy atom. The first-order valence-electron chi connectivity index (χ1n) is 8.15. The largest absolute Gasteiger partial charge is 0.493 e. The normalized spacial score (nSPS) is 10.5. The first-order chi connectivity index (χ1) is 13.5. The average molecular weight is 397 g/mol. The van der Waals surface area contributed by atoms with Crippen molar-refractivity contribution in [3.63, 3.8) is 0 Å². The number of hydrogen-bond donors (Lipinski definition) is 1. The number of nitriles is 1. The fourth-order valence-electron chi connectivity index (χ4n) is 2.22. The Morgan fingerprint density at radius 1 is 1.25 bits per heavy atom. The van der Waals surface area contributed by atoms with E-state index in [0.717, 1.165) is 0 Å². The van der Waals surface area contributed by atoms with Crippen LogP contribution in [0.4, 0.5) is 0 Å². The van der Waals surface area contributed by atoms with Crippen molar-refractivity contribution < 1.29 is 19.1 Å². The number of carbonyl (C=O) groups is 2. The van der Waals surface area contributed by atoms with Gasteiger partial charge in [-0.3, -0.25) is 4.79 Å². The van der Waals surface area contributed by atoms with Crippen LogP contribution < -0.4 is 14.8 Å². The Hall–Kier alpha value is -3.56. The maximum absolute atomic E-state index is 12.3. The molecule has 0 saturated heterocycles. The van der Waals surface area contributed by atoms with Gasteiger partial charge in [-0.2, -0.15) is 5.26 Å². The molecule has 2 aromatic carbocycles. The van der Waals surface area contributed by atoms with Crippen LogP contribution in [0.2, 0.25) is 5.02 Å². The van der Waals surface area contributed by atoms with E-state index in [9.17, 15) is 14.9 Å². The molecule has 1 N–H and O–H groups in total. The molecule has 0 unspecified atom stereocenters. The zero-order valence-electron chi connectivity index (χ0n) is 15.1. The predicted octanol–water partition coefficient (Wildman–Crippen LogP) is 3.78. The van der Waals surface area contributed by atoms with Crippen molar-refractivity contribution in [3.8, 4) is 17.6 Å². The SMILES string of the molecule is C=CCNC(=O)/C(C#N)=C/c1ccc(OC(=O)c2ccccc2Cl)c(OC)c1. The highest BCUT2D eigenvalue weighted by atomic mass is 35.5. The summed E-state index contributed by atoms with van der Waals surface area (Å²) in [5.41, 5.74) is 0.672. The van der Waals surface area contributed by atoms with E-state index in [-0.39, 0.29) is 34.2 Å². The standard InChI is InChI=1S/C21H17ClN2O4/c1-3-10-24-20(25)15(13-23)11-14-8-9-18(19(12-14)27-2)28-21(26)16-6-4-5-7-17(16)22/h3-9,11-12H,1,10H2,2H3,(H,24,25)/b15-11+. The van der Waals surface area contributed by atoms with Crippen molar-refractivity contribution in [1.82, 2.24) is 5.32 Å². The molecule has 6 nitrogen and oxygen atoms in total. The molecule has 2 rings (SSSR count). The molecule has 0 aromatic heterocycles. The second kappa shape index (κ2) is 9.95. The molecule has 2 aromatic rings. The minimum absolute atomic E-state index is 0.0790. The zero-order valence-corrected chi connectivity index (χ0v) is 15.8. The topological polar surface area (TPSA) is 88.4 Å². The second-order valence-corrected chi connectivity index (χ2v) is 5.86. The van der Waals surface area contributed by atoms with Crippen LogP contribution in [0.25, 0.3) is 6.08 Å². The van der Waals surface area contributed by atoms with Gasteiger partial charge in [0, 0.05) is 6.54 Å². The van der Waals surface area contributed by atoms with Crippen molar-refractivity contribution in [2.24, 2.45) is 0 Å². The van der Waals surface area contributed by atoms with Gasteiger partial charge < -0.3 is 14.8 Å². The Morgan fingerprint density at radius 3 is 2.64 bits per heavy atom. The molecule has 0 aliphatic carbocycles. The van der Waals surface area contributed by atoms with Crippen LogP contribution in [0.3, 0.4) is 0 Å². The molecule has 0 atom stereocenters. The molecule has 0 aliphatic heterocycles. The Labute approximate surface area is 167 Å². The molecule has 0 radical (unpaired) electrons. The third-order valence-electron chi connectivity index (χ3n) is 3.57. The summed E-state index contributed by atoms with van der Waals surface area (Å²) in [5, 5.41) is 12.0. The fourth-order valence-corrected chi connectivity index (χ4v) is 2.43. The summed E-state index contributed by atoms with van der Waals surface area (Å²) in [6.45, 7) is 3.75. The highest BCUT2D eigenvalue weighted by molar-refractivity contribution is 6.33. The number of rotatable bonds is 7. The number of amides is 1. The minimum atomic E-state index is -0.631. The summed E-state index contributed by atoms with van der Waals surface area (Å²) in [7, 11) is 1.41. The van der Waals surface area contributed by atoms with Gasteiger partial charge in [-0.15, -0.1) is 6.58 Å². The van der Waals surface area contributed by atoms with Gasteiger partial charge in [0.25, 0.3) is 5.91 Å². The zero-order chi connectivity index (χ0) is 20.5. The maximum Gasteiger partial charge on any atom is 0.345 e. The lowest BCUT2D eigenvalue weighted by Gasteiger charge is -2.11. The van der Waals surface area contributed by atoms with Gasteiger partial charge >= 0.3 is 5.97 Å². The number of halogens is 1. The molecule has 142 valence electrons. The number of carbonyl (C=O) groups excluding carboxylic acids is 2. The average Bonchev–Trinajstić information content (AvgIpc) is 2.71. The maximum atomic E-state index is 12.3. The van der Waals surface area contributed by atoms with E-state index in [0.29, 0.717) is 5.56 Å². The van der Waals surface area contributed by atoms with E-state index < -0.39 is 11.9 Å². The highest BCUT2D eigenvalue weighted by Crippen LogP contribution is 2.30. The number of ether oxygens (including phenoxy) is 2. The molecular formula is C21H17ClN2O4. The van der Waals surface area contributed by atoms with E-state index in [1.807, 2.05) is 6.07 Å². The molecule has 28 heavy (non-hydrogen) atoms. The van der Waals surface area contributed by atoms with Crippen LogP contribution in [0.1, 0.15) is 15.9 Å². The van der Waals surface area contributed by atoms with Gasteiger partial charge in [0.2, 0.25) is 0 Å². The Bertz CT molecular complexity index is 977. The van der Waals surface area contributed by atoms with Crippen molar-refractivity contribution in [2.75, 3.05) is 13.7 Å². The third kappa shape index (κ3) is 5.22. The minimum Gasteiger partial charge on any atom is -0.493 e. The number of hydrogen-bond acceptors (Lipinski definition) is 5. The number of methoxy groups -OCH3 is 1. The molecule has 0 bridgehead atoms. The number of nitrogens with one attached hydrogen (secondary N) is 1. The van der Waals surface area contributed by atoms with Crippen LogP contribution in [0.15, 0.2) is 60.7 Å². The number of esters is 1. The molecule has 1 amide bonds. The summed E-state index contributed by atoms with van der Waals surface area (Å²) >= 11 is 6.01. The van der Waals surface area contributed by atoms with Crippen molar-refractivity contribution >= 4 is 29.6 Å². The van der Waals surface area contributed by atoms with Gasteiger partial charge in [-0.1, -0.05) is 35.9 Å². The van der Waals surface area contributed by atoms with E-state index in [1.54, 1.807) is 36.4 Å². The second-order valence-electron chi connectivity index (χ2n) is 5.45. The van der Waals surface area contributed by atoms with Gasteiger partial charge in [-0.25, -0.2) is 4.79 Å². The number of nitrogens with zero attached hydrogens (tertiary/aromatic N) is 1. The Balaban J connectivity index is 2.26. The third-order valence-corrected chi connectivity index (χ3v) is 3.90. The highest BCUT2D eigenvalue weighted by Gasteiger charge is 2.16. The summed E-state index contributed by atoms with van der Waals surface area (Å²) < 4.78 is 10.6. The Kier molecular flexibility index (Phi) is 7.37. The molecular weight excluding hydrogens is 380 g/mol. The van der Waals surface area contributed by atoms with Crippen LogP contribution in [0.5, 0.6) is 11.5 Å². The van der Waals surface area contributed by atoms with Crippen LogP contribution in [-0.4, -0.2) is 25.5 Å². The molecule has 0 spiro atoms. The molecule has 0 saturated carbocycles. The van der Waals surface area contributed by atoms with Gasteiger partial charge in [0.05, 0.1) is 17.7 Å². The van der Waals surface area contributed by atoms with Gasteiger partial charge in [-0.05, 0) is 35.9 Å². The van der Waals surface area contributed by atoms with E-state index in [2.05, 4.69) is 11.9 Å². The summed E-state index contributed by atoms with van der Waals surface area (Å²) in [4.78, 5) is 24.3. The molecule has 0 fully saturated rings. The lowest BCUT2D eigenvalue weighted by molar-refractivity contribution is -0.116. The first-order valence-corrected chi connectivity index (χ1v) is 8.53. The van der Waals surface area contributed by atoms with Gasteiger partial charge in [0.15, 0.2) is 11.5 Å². The summed E-state index contributed by atoms with van der Waals surface area (Å²) in [6, 6.07) is 13.0. The summed E-state index contributed by atoms with van der Waals surface area (Å²) in [5.74, 6) is -0.707. The van der Waals surface area contributed by atoms with Crippen LogP contribution in [-0.2, 0) is 4.79 Å². The van der Waals surface area contributed by atoms with E-state index in [1.165, 1.54) is 25.3 Å². The predicted molar refractivity (Wildman–Crippen MR) is 106 cm³/mol. The number of benzene rings is 2. The van der Waals surface area contributed by atoms with Crippen molar-refractivity contribution in [1.29, 1.82) is 5.26 Å². The smallest absolute Gasteiger partial charge is 0.345 e. The van der Waals surface area contributed by atoms with E-state index >= 15 is 0 Å². The van der Waals surface area contributed by atoms with E-state index in [4.69, 9.17) is 21.1 Å². The molecule has 0 aliphatic rings. The first kappa shape index (κ1) is 20.7. The lowest BCUT2D eigenvalue weighted by Crippen LogP contribution is -2.24. The molecule has 0 heterocycles. The molecule has 7 heteroatoms. The van der Waals surface area contributed by atoms with Crippen LogP contribution >= 0.6 is 11.6 Å². The lowest BCUT2D eigenvalue weighted by atomic mass is 10.1. The quantitative estimate of drug-likeness (QED) is 0.253. The van der Waals surface area contributed by atoms with Crippen molar-refractivity contribution in [2.45, 2.75) is 0 Å². The van der Waals surface area contributed by atoms with Crippen molar-refractivity contribution in [3.05, 3.63) is 76.8 Å². The summed E-state index contributed by atoms with van der Waals surface area (Å²) in [6.07, 6.45) is 2.92. The fraction of sp³-hybridized carbons (Fsp3) is 0.0952. The van der Waals surface area contributed by atoms with Gasteiger partial charge in [0.1, 0.15) is 11.6 Å². The van der Waals surface area contributed by atoms with Crippen LogP contribution in [0, 0.1) is 11.3 Å².